The summed E-state index contributed by atoms with van der Waals surface area (Å²) in [7, 11) is 0. The highest BCUT2D eigenvalue weighted by molar-refractivity contribution is 6.27. The number of benzene rings is 4. The molecule has 10 aromatic rings. The lowest BCUT2D eigenvalue weighted by atomic mass is 9.89. The van der Waals surface area contributed by atoms with Crippen LogP contribution in [0, 0.1) is 0 Å². The summed E-state index contributed by atoms with van der Waals surface area (Å²) in [6, 6.07) is 32.4. The van der Waals surface area contributed by atoms with E-state index in [0.29, 0.717) is 34.9 Å². The summed E-state index contributed by atoms with van der Waals surface area (Å²) < 4.78 is 0. The zero-order chi connectivity index (χ0) is 34.4. The van der Waals surface area contributed by atoms with E-state index in [1.54, 1.807) is 49.6 Å². The van der Waals surface area contributed by atoms with Gasteiger partial charge in [-0.25, -0.2) is 29.9 Å². The Kier molecular flexibility index (Phi) is 6.88. The number of pyridine rings is 4. The molecule has 10 heteroatoms. The van der Waals surface area contributed by atoms with Gasteiger partial charge in [0, 0.05) is 83.0 Å². The summed E-state index contributed by atoms with van der Waals surface area (Å²) in [6.07, 6.45) is 14.0. The molecular formula is C42H24N10. The molecule has 0 spiro atoms. The Bertz CT molecular complexity index is 2570. The Morgan fingerprint density at radius 2 is 0.596 bits per heavy atom. The molecule has 0 saturated heterocycles. The molecule has 10 nitrogen and oxygen atoms in total. The van der Waals surface area contributed by atoms with Crippen molar-refractivity contribution >= 4 is 32.3 Å². The third kappa shape index (κ3) is 5.05. The highest BCUT2D eigenvalue weighted by Crippen LogP contribution is 2.42. The first-order valence-corrected chi connectivity index (χ1v) is 16.6. The average Bonchev–Trinajstić information content (AvgIpc) is 3.23. The predicted octanol–water partition coefficient (Wildman–Crippen LogP) is 8.54. The van der Waals surface area contributed by atoms with Crippen LogP contribution in [0.1, 0.15) is 0 Å². The molecule has 0 bridgehead atoms. The van der Waals surface area contributed by atoms with Gasteiger partial charge in [-0.15, -0.1) is 0 Å². The molecular weight excluding hydrogens is 645 g/mol. The van der Waals surface area contributed by atoms with E-state index in [1.807, 2.05) is 48.5 Å². The molecule has 0 aliphatic carbocycles. The van der Waals surface area contributed by atoms with Gasteiger partial charge in [0.1, 0.15) is 0 Å². The molecule has 0 radical (unpaired) electrons. The second-order valence-corrected chi connectivity index (χ2v) is 12.2. The molecule has 0 N–H and O–H groups in total. The van der Waals surface area contributed by atoms with Gasteiger partial charge in [-0.05, 0) is 93.0 Å². The lowest BCUT2D eigenvalue weighted by molar-refractivity contribution is 1.07. The monoisotopic (exact) mass is 668 g/mol. The number of hydrogen-bond donors (Lipinski definition) is 0. The Labute approximate surface area is 296 Å². The van der Waals surface area contributed by atoms with E-state index in [1.165, 1.54) is 0 Å². The number of aromatic nitrogens is 10. The lowest BCUT2D eigenvalue weighted by Crippen LogP contribution is -2.02. The first-order valence-electron chi connectivity index (χ1n) is 16.6. The molecule has 0 atom stereocenters. The zero-order valence-corrected chi connectivity index (χ0v) is 27.3. The minimum absolute atomic E-state index is 0.536. The largest absolute Gasteiger partial charge is 0.264 e. The molecule has 242 valence electrons. The molecule has 6 aromatic heterocycles. The predicted molar refractivity (Wildman–Crippen MR) is 201 cm³/mol. The summed E-state index contributed by atoms with van der Waals surface area (Å²) in [4.78, 5) is 47.0. The summed E-state index contributed by atoms with van der Waals surface area (Å²) in [5.74, 6) is 3.26. The van der Waals surface area contributed by atoms with Crippen molar-refractivity contribution in [2.24, 2.45) is 0 Å². The second-order valence-electron chi connectivity index (χ2n) is 12.2. The van der Waals surface area contributed by atoms with Gasteiger partial charge in [0.15, 0.2) is 34.9 Å². The highest BCUT2D eigenvalue weighted by Gasteiger charge is 2.20. The third-order valence-electron chi connectivity index (χ3n) is 9.10. The van der Waals surface area contributed by atoms with E-state index in [-0.39, 0.29) is 0 Å². The van der Waals surface area contributed by atoms with Gasteiger partial charge in [-0.2, -0.15) is 0 Å². The van der Waals surface area contributed by atoms with E-state index in [0.717, 1.165) is 65.7 Å². The number of nitrogens with zero attached hydrogens (tertiary/aromatic N) is 10. The average molecular weight is 669 g/mol. The first-order chi connectivity index (χ1) is 25.8. The van der Waals surface area contributed by atoms with Crippen LogP contribution in [-0.2, 0) is 0 Å². The fourth-order valence-electron chi connectivity index (χ4n) is 6.68. The van der Waals surface area contributed by atoms with Crippen LogP contribution in [-0.4, -0.2) is 49.8 Å². The molecule has 0 saturated carbocycles. The van der Waals surface area contributed by atoms with Gasteiger partial charge >= 0.3 is 0 Å². The van der Waals surface area contributed by atoms with Crippen LogP contribution in [0.2, 0.25) is 0 Å². The quantitative estimate of drug-likeness (QED) is 0.159. The molecule has 6 heterocycles. The van der Waals surface area contributed by atoms with Crippen LogP contribution >= 0.6 is 0 Å². The second kappa shape index (κ2) is 12.1. The van der Waals surface area contributed by atoms with E-state index in [9.17, 15) is 0 Å². The minimum atomic E-state index is 0.536. The van der Waals surface area contributed by atoms with Crippen molar-refractivity contribution in [1.29, 1.82) is 0 Å². The molecule has 0 aliphatic heterocycles. The van der Waals surface area contributed by atoms with Crippen LogP contribution in [0.4, 0.5) is 0 Å². The molecule has 0 fully saturated rings. The van der Waals surface area contributed by atoms with Gasteiger partial charge in [0.2, 0.25) is 0 Å². The molecule has 0 amide bonds. The van der Waals surface area contributed by atoms with Crippen LogP contribution < -0.4 is 0 Å². The van der Waals surface area contributed by atoms with Crippen LogP contribution in [0.5, 0.6) is 0 Å². The Morgan fingerprint density at radius 3 is 0.904 bits per heavy atom. The van der Waals surface area contributed by atoms with Crippen molar-refractivity contribution in [2.45, 2.75) is 0 Å². The number of hydrogen-bond acceptors (Lipinski definition) is 10. The van der Waals surface area contributed by atoms with Gasteiger partial charge in [-0.3, -0.25) is 19.9 Å². The summed E-state index contributed by atoms with van der Waals surface area (Å²) >= 11 is 0. The maximum absolute atomic E-state index is 5.00. The van der Waals surface area contributed by atoms with Gasteiger partial charge in [0.25, 0.3) is 0 Å². The van der Waals surface area contributed by atoms with Gasteiger partial charge < -0.3 is 0 Å². The van der Waals surface area contributed by atoms with Crippen LogP contribution in [0.15, 0.2) is 147 Å². The maximum atomic E-state index is 5.00. The van der Waals surface area contributed by atoms with Gasteiger partial charge in [0.05, 0.1) is 0 Å². The van der Waals surface area contributed by atoms with E-state index < -0.39 is 0 Å². The molecule has 52 heavy (non-hydrogen) atoms. The minimum Gasteiger partial charge on any atom is -0.264 e. The normalized spacial score (nSPS) is 11.5. The van der Waals surface area contributed by atoms with E-state index in [2.05, 4.69) is 68.5 Å². The fraction of sp³-hybridized carbons (Fsp3) is 0. The topological polar surface area (TPSA) is 129 Å². The fourth-order valence-corrected chi connectivity index (χ4v) is 6.68. The molecule has 10 rings (SSSR count). The van der Waals surface area contributed by atoms with E-state index >= 15 is 0 Å². The Balaban J connectivity index is 1.20. The van der Waals surface area contributed by atoms with Gasteiger partial charge in [-0.1, -0.05) is 36.4 Å². The standard InChI is InChI=1S/C42H24N10/c1-5-27(21-43-17-1)37-47-38(28-6-2-18-44-22-28)50-41(49-37)33-15-11-25-10-14-32-34(16-12-26-9-13-31(33)35(25)36(26)32)42-51-39(29-7-3-19-45-23-29)48-40(52-42)30-8-4-20-46-24-30/h1-24H. The SMILES string of the molecule is c1cncc(-c2nc(-c3cccnc3)nc(-c3ccc4ccc5c(-c6nc(-c7cccnc7)nc(-c7cccnc7)n6)ccc6ccc3c4c65)n2)c1. The first kappa shape index (κ1) is 29.5. The van der Waals surface area contributed by atoms with Crippen molar-refractivity contribution in [3.05, 3.63) is 147 Å². The van der Waals surface area contributed by atoms with Crippen molar-refractivity contribution in [2.75, 3.05) is 0 Å². The lowest BCUT2D eigenvalue weighted by Gasteiger charge is -2.16. The smallest absolute Gasteiger partial charge is 0.165 e. The zero-order valence-electron chi connectivity index (χ0n) is 27.3. The van der Waals surface area contributed by atoms with Crippen molar-refractivity contribution in [1.82, 2.24) is 49.8 Å². The summed E-state index contributed by atoms with van der Waals surface area (Å²) in [5, 5.41) is 6.47. The summed E-state index contributed by atoms with van der Waals surface area (Å²) in [5.41, 5.74) is 4.98. The van der Waals surface area contributed by atoms with Crippen molar-refractivity contribution in [3.63, 3.8) is 0 Å². The van der Waals surface area contributed by atoms with E-state index in [4.69, 9.17) is 29.9 Å². The van der Waals surface area contributed by atoms with Crippen molar-refractivity contribution < 1.29 is 0 Å². The number of rotatable bonds is 6. The Hall–Kier alpha value is -7.46. The third-order valence-corrected chi connectivity index (χ3v) is 9.10. The molecule has 4 aromatic carbocycles. The van der Waals surface area contributed by atoms with Crippen molar-refractivity contribution in [3.8, 4) is 68.3 Å². The molecule has 0 unspecified atom stereocenters. The summed E-state index contributed by atoms with van der Waals surface area (Å²) in [6.45, 7) is 0. The maximum Gasteiger partial charge on any atom is 0.165 e. The Morgan fingerprint density at radius 1 is 0.288 bits per heavy atom. The van der Waals surface area contributed by atoms with Crippen LogP contribution in [0.3, 0.4) is 0 Å². The highest BCUT2D eigenvalue weighted by atomic mass is 15.0. The van der Waals surface area contributed by atoms with Crippen LogP contribution in [0.25, 0.3) is 101 Å². The molecule has 0 aliphatic rings.